The first-order chi connectivity index (χ1) is 8.95. The standard InChI is InChI=1S/C12H16N2S4/c1-7-15-11(16-8-1)3-5-13-14-6-4-12-17-9-2-10-18-12/h3-6H,1-2,7-10H2/b13-5+,14-6+. The second kappa shape index (κ2) is 9.18. The predicted molar refractivity (Wildman–Crippen MR) is 92.2 cm³/mol. The van der Waals surface area contributed by atoms with Crippen molar-refractivity contribution in [2.24, 2.45) is 10.2 Å². The maximum absolute atomic E-state index is 4.03. The van der Waals surface area contributed by atoms with Gasteiger partial charge < -0.3 is 0 Å². The molecule has 0 N–H and O–H groups in total. The molecule has 0 aromatic carbocycles. The molecule has 2 nitrogen and oxygen atoms in total. The van der Waals surface area contributed by atoms with Gasteiger partial charge in [-0.05, 0) is 48.0 Å². The second-order valence-electron chi connectivity index (χ2n) is 3.60. The van der Waals surface area contributed by atoms with Crippen LogP contribution in [0, 0.1) is 0 Å². The Labute approximate surface area is 126 Å². The Morgan fingerprint density at radius 2 is 1.06 bits per heavy atom. The van der Waals surface area contributed by atoms with E-state index in [4.69, 9.17) is 0 Å². The summed E-state index contributed by atoms with van der Waals surface area (Å²) in [6.07, 6.45) is 10.3. The number of rotatable bonds is 3. The van der Waals surface area contributed by atoms with Crippen molar-refractivity contribution >= 4 is 59.5 Å². The molecule has 0 atom stereocenters. The maximum Gasteiger partial charge on any atom is 0.0512 e. The van der Waals surface area contributed by atoms with E-state index >= 15 is 0 Å². The van der Waals surface area contributed by atoms with Crippen LogP contribution in [-0.4, -0.2) is 35.4 Å². The summed E-state index contributed by atoms with van der Waals surface area (Å²) < 4.78 is 2.72. The first kappa shape index (κ1) is 14.6. The van der Waals surface area contributed by atoms with Crippen LogP contribution in [0.2, 0.25) is 0 Å². The Hall–Kier alpha value is 0.220. The summed E-state index contributed by atoms with van der Waals surface area (Å²) in [5, 5.41) is 8.06. The van der Waals surface area contributed by atoms with Gasteiger partial charge in [0, 0.05) is 8.47 Å². The summed E-state index contributed by atoms with van der Waals surface area (Å²) >= 11 is 7.65. The molecule has 0 spiro atoms. The second-order valence-corrected chi connectivity index (χ2v) is 8.67. The van der Waals surface area contributed by atoms with Crippen LogP contribution in [0.4, 0.5) is 0 Å². The number of thioether (sulfide) groups is 4. The molecule has 0 unspecified atom stereocenters. The Kier molecular flexibility index (Phi) is 7.46. The Balaban J connectivity index is 1.72. The van der Waals surface area contributed by atoms with Gasteiger partial charge in [0.25, 0.3) is 0 Å². The van der Waals surface area contributed by atoms with Gasteiger partial charge in [-0.2, -0.15) is 10.2 Å². The first-order valence-corrected chi connectivity index (χ1v) is 9.87. The Morgan fingerprint density at radius 3 is 1.44 bits per heavy atom. The lowest BCUT2D eigenvalue weighted by Gasteiger charge is -2.10. The lowest BCUT2D eigenvalue weighted by molar-refractivity contribution is 1.12. The van der Waals surface area contributed by atoms with Crippen molar-refractivity contribution in [3.05, 3.63) is 20.6 Å². The lowest BCUT2D eigenvalue weighted by atomic mass is 10.6. The lowest BCUT2D eigenvalue weighted by Crippen LogP contribution is -1.91. The van der Waals surface area contributed by atoms with Crippen molar-refractivity contribution in [2.75, 3.05) is 23.0 Å². The monoisotopic (exact) mass is 316 g/mol. The minimum atomic E-state index is 1.23. The van der Waals surface area contributed by atoms with Crippen molar-refractivity contribution in [1.82, 2.24) is 0 Å². The fourth-order valence-electron chi connectivity index (χ4n) is 1.35. The highest BCUT2D eigenvalue weighted by Gasteiger charge is 2.05. The van der Waals surface area contributed by atoms with Gasteiger partial charge >= 0.3 is 0 Å². The van der Waals surface area contributed by atoms with E-state index < -0.39 is 0 Å². The number of hydrogen-bond donors (Lipinski definition) is 0. The Bertz CT molecular complexity index is 322. The third-order valence-corrected chi connectivity index (χ3v) is 7.24. The summed E-state index contributed by atoms with van der Waals surface area (Å²) in [6.45, 7) is 0. The summed E-state index contributed by atoms with van der Waals surface area (Å²) in [5.74, 6) is 4.93. The van der Waals surface area contributed by atoms with Gasteiger partial charge in [-0.25, -0.2) is 0 Å². The van der Waals surface area contributed by atoms with Crippen LogP contribution >= 0.6 is 47.0 Å². The van der Waals surface area contributed by atoms with Gasteiger partial charge in [-0.1, -0.05) is 0 Å². The molecule has 2 aliphatic rings. The quantitative estimate of drug-likeness (QED) is 0.566. The van der Waals surface area contributed by atoms with Gasteiger partial charge in [-0.3, -0.25) is 0 Å². The predicted octanol–water partition coefficient (Wildman–Crippen LogP) is 4.47. The molecule has 2 heterocycles. The van der Waals surface area contributed by atoms with Gasteiger partial charge in [-0.15, -0.1) is 47.0 Å². The zero-order valence-electron chi connectivity index (χ0n) is 10.1. The topological polar surface area (TPSA) is 24.7 Å². The van der Waals surface area contributed by atoms with Crippen LogP contribution in [0.5, 0.6) is 0 Å². The largest absolute Gasteiger partial charge is 0.159 e. The van der Waals surface area contributed by atoms with E-state index in [0.29, 0.717) is 0 Å². The van der Waals surface area contributed by atoms with Crippen LogP contribution in [0.3, 0.4) is 0 Å². The SMILES string of the molecule is C(/C=N/N=C/C=C1SCCCS1)=C1SCCCS1. The molecular weight excluding hydrogens is 300 g/mol. The number of allylic oxidation sites excluding steroid dienone is 2. The number of nitrogens with zero attached hydrogens (tertiary/aromatic N) is 2. The van der Waals surface area contributed by atoms with Crippen molar-refractivity contribution in [2.45, 2.75) is 12.8 Å². The molecule has 2 aliphatic heterocycles. The molecule has 98 valence electrons. The molecule has 0 bridgehead atoms. The molecule has 0 amide bonds. The molecule has 0 aliphatic carbocycles. The van der Waals surface area contributed by atoms with Gasteiger partial charge in [0.1, 0.15) is 0 Å². The van der Waals surface area contributed by atoms with Gasteiger partial charge in [0.2, 0.25) is 0 Å². The van der Waals surface area contributed by atoms with Crippen LogP contribution in [-0.2, 0) is 0 Å². The fraction of sp³-hybridized carbons (Fsp3) is 0.500. The molecule has 0 aromatic heterocycles. The van der Waals surface area contributed by atoms with E-state index in [9.17, 15) is 0 Å². The molecular formula is C12H16N2S4. The van der Waals surface area contributed by atoms with Crippen LogP contribution in [0.15, 0.2) is 30.8 Å². The van der Waals surface area contributed by atoms with E-state index in [1.807, 2.05) is 47.0 Å². The molecule has 2 fully saturated rings. The van der Waals surface area contributed by atoms with Crippen LogP contribution in [0.25, 0.3) is 0 Å². The third kappa shape index (κ3) is 5.91. The van der Waals surface area contributed by atoms with E-state index in [0.717, 1.165) is 0 Å². The summed E-state index contributed by atoms with van der Waals surface area (Å²) in [5.41, 5.74) is 0. The minimum Gasteiger partial charge on any atom is -0.159 e. The van der Waals surface area contributed by atoms with Crippen LogP contribution < -0.4 is 0 Å². The van der Waals surface area contributed by atoms with Crippen LogP contribution in [0.1, 0.15) is 12.8 Å². The highest BCUT2D eigenvalue weighted by atomic mass is 32.2. The normalized spacial score (nSPS) is 21.8. The Morgan fingerprint density at radius 1 is 0.667 bits per heavy atom. The minimum absolute atomic E-state index is 1.23. The van der Waals surface area contributed by atoms with E-state index in [-0.39, 0.29) is 0 Å². The maximum atomic E-state index is 4.03. The highest BCUT2D eigenvalue weighted by molar-refractivity contribution is 8.23. The molecule has 0 aromatic rings. The van der Waals surface area contributed by atoms with E-state index in [1.54, 1.807) is 12.4 Å². The van der Waals surface area contributed by atoms with Crippen molar-refractivity contribution < 1.29 is 0 Å². The third-order valence-electron chi connectivity index (χ3n) is 2.18. The van der Waals surface area contributed by atoms with Crippen molar-refractivity contribution in [3.8, 4) is 0 Å². The van der Waals surface area contributed by atoms with Crippen molar-refractivity contribution in [1.29, 1.82) is 0 Å². The van der Waals surface area contributed by atoms with Gasteiger partial charge in [0.05, 0.1) is 12.4 Å². The molecule has 2 saturated heterocycles. The van der Waals surface area contributed by atoms with E-state index in [1.165, 1.54) is 44.3 Å². The fourth-order valence-corrected chi connectivity index (χ4v) is 5.97. The molecule has 6 heteroatoms. The van der Waals surface area contributed by atoms with Gasteiger partial charge in [0.15, 0.2) is 0 Å². The summed E-state index contributed by atoms with van der Waals surface area (Å²) in [6, 6.07) is 0. The average molecular weight is 317 g/mol. The first-order valence-electron chi connectivity index (χ1n) is 5.93. The number of hydrogen-bond acceptors (Lipinski definition) is 6. The van der Waals surface area contributed by atoms with E-state index in [2.05, 4.69) is 22.4 Å². The zero-order valence-corrected chi connectivity index (χ0v) is 13.3. The summed E-state index contributed by atoms with van der Waals surface area (Å²) in [4.78, 5) is 0. The average Bonchev–Trinajstić information content (AvgIpc) is 2.45. The zero-order chi connectivity index (χ0) is 12.5. The molecule has 2 rings (SSSR count). The van der Waals surface area contributed by atoms with Crippen molar-refractivity contribution in [3.63, 3.8) is 0 Å². The molecule has 18 heavy (non-hydrogen) atoms. The molecule has 0 radical (unpaired) electrons. The highest BCUT2D eigenvalue weighted by Crippen LogP contribution is 2.34. The molecule has 0 saturated carbocycles. The smallest absolute Gasteiger partial charge is 0.0512 e. The summed E-state index contributed by atoms with van der Waals surface area (Å²) in [7, 11) is 0.